The number of nitrogens with one attached hydrogen (secondary N) is 1. The average molecular weight is 283 g/mol. The van der Waals surface area contributed by atoms with Crippen LogP contribution in [0.1, 0.15) is 42.3 Å². The Labute approximate surface area is 125 Å². The summed E-state index contributed by atoms with van der Waals surface area (Å²) in [4.78, 5) is 15.2. The van der Waals surface area contributed by atoms with Crippen LogP contribution in [0.25, 0.3) is 0 Å². The molecule has 1 aromatic heterocycles. The third-order valence-corrected chi connectivity index (χ3v) is 3.39. The van der Waals surface area contributed by atoms with E-state index in [9.17, 15) is 4.79 Å². The summed E-state index contributed by atoms with van der Waals surface area (Å²) in [6.45, 7) is 7.21. The van der Waals surface area contributed by atoms with Crippen LogP contribution < -0.4 is 11.1 Å². The van der Waals surface area contributed by atoms with Gasteiger partial charge in [-0.3, -0.25) is 9.78 Å². The van der Waals surface area contributed by atoms with Gasteiger partial charge in [-0.15, -0.1) is 0 Å². The predicted molar refractivity (Wildman–Crippen MR) is 85.2 cm³/mol. The minimum Gasteiger partial charge on any atom is -0.380 e. The lowest BCUT2D eigenvalue weighted by atomic mass is 9.87. The lowest BCUT2D eigenvalue weighted by molar-refractivity contribution is 0.100. The van der Waals surface area contributed by atoms with Gasteiger partial charge in [0.15, 0.2) is 0 Å². The van der Waals surface area contributed by atoms with Gasteiger partial charge in [0.2, 0.25) is 0 Å². The normalized spacial score (nSPS) is 11.2. The van der Waals surface area contributed by atoms with Gasteiger partial charge in [-0.05, 0) is 22.6 Å². The number of rotatable bonds is 4. The van der Waals surface area contributed by atoms with Crippen molar-refractivity contribution in [3.63, 3.8) is 0 Å². The van der Waals surface area contributed by atoms with E-state index in [0.29, 0.717) is 17.8 Å². The van der Waals surface area contributed by atoms with E-state index in [4.69, 9.17) is 5.73 Å². The molecule has 4 nitrogen and oxygen atoms in total. The van der Waals surface area contributed by atoms with Crippen molar-refractivity contribution < 1.29 is 4.79 Å². The van der Waals surface area contributed by atoms with Crippen molar-refractivity contribution in [1.82, 2.24) is 4.98 Å². The van der Waals surface area contributed by atoms with Gasteiger partial charge in [0.05, 0.1) is 11.3 Å². The maximum Gasteiger partial charge on any atom is 0.252 e. The van der Waals surface area contributed by atoms with Crippen LogP contribution in [0.3, 0.4) is 0 Å². The molecular weight excluding hydrogens is 262 g/mol. The molecule has 0 unspecified atom stereocenters. The van der Waals surface area contributed by atoms with E-state index >= 15 is 0 Å². The molecule has 1 aromatic carbocycles. The minimum absolute atomic E-state index is 0.149. The monoisotopic (exact) mass is 283 g/mol. The summed E-state index contributed by atoms with van der Waals surface area (Å²) in [5, 5.41) is 3.23. The highest BCUT2D eigenvalue weighted by Crippen LogP contribution is 2.22. The number of pyridine rings is 1. The maximum absolute atomic E-state index is 11.3. The van der Waals surface area contributed by atoms with Crippen LogP contribution in [-0.4, -0.2) is 10.9 Å². The molecule has 1 heterocycles. The third-order valence-electron chi connectivity index (χ3n) is 3.39. The van der Waals surface area contributed by atoms with Gasteiger partial charge in [0, 0.05) is 18.9 Å². The van der Waals surface area contributed by atoms with Crippen molar-refractivity contribution in [2.75, 3.05) is 5.32 Å². The zero-order valence-electron chi connectivity index (χ0n) is 12.7. The first-order chi connectivity index (χ1) is 9.88. The van der Waals surface area contributed by atoms with Crippen LogP contribution in [0.2, 0.25) is 0 Å². The van der Waals surface area contributed by atoms with Crippen molar-refractivity contribution in [2.24, 2.45) is 5.73 Å². The first kappa shape index (κ1) is 15.0. The number of carbonyl (C=O) groups excluding carboxylic acids is 1. The van der Waals surface area contributed by atoms with E-state index < -0.39 is 5.91 Å². The van der Waals surface area contributed by atoms with E-state index in [1.165, 1.54) is 11.8 Å². The number of aromatic nitrogens is 1. The predicted octanol–water partition coefficient (Wildman–Crippen LogP) is 3.09. The van der Waals surface area contributed by atoms with Crippen LogP contribution >= 0.6 is 0 Å². The molecule has 0 saturated heterocycles. The van der Waals surface area contributed by atoms with Crippen LogP contribution in [0.4, 0.5) is 5.69 Å². The number of nitrogens with two attached hydrogens (primary N) is 1. The summed E-state index contributed by atoms with van der Waals surface area (Å²) >= 11 is 0. The van der Waals surface area contributed by atoms with Gasteiger partial charge in [0.1, 0.15) is 0 Å². The Morgan fingerprint density at radius 1 is 1.19 bits per heavy atom. The highest BCUT2D eigenvalue weighted by Gasteiger charge is 2.13. The van der Waals surface area contributed by atoms with Gasteiger partial charge < -0.3 is 11.1 Å². The van der Waals surface area contributed by atoms with E-state index in [0.717, 1.165) is 5.56 Å². The third kappa shape index (κ3) is 3.81. The fourth-order valence-electron chi connectivity index (χ4n) is 2.06. The summed E-state index contributed by atoms with van der Waals surface area (Å²) in [5.74, 6) is -0.478. The largest absolute Gasteiger partial charge is 0.380 e. The van der Waals surface area contributed by atoms with Crippen molar-refractivity contribution in [1.29, 1.82) is 0 Å². The zero-order chi connectivity index (χ0) is 15.5. The first-order valence-corrected chi connectivity index (χ1v) is 6.95. The number of amides is 1. The van der Waals surface area contributed by atoms with Crippen molar-refractivity contribution in [3.8, 4) is 0 Å². The molecule has 0 bridgehead atoms. The van der Waals surface area contributed by atoms with Crippen LogP contribution in [-0.2, 0) is 12.0 Å². The minimum atomic E-state index is -0.478. The molecule has 2 rings (SSSR count). The Hall–Kier alpha value is -2.36. The zero-order valence-corrected chi connectivity index (χ0v) is 12.7. The number of hydrogen-bond donors (Lipinski definition) is 2. The number of hydrogen-bond acceptors (Lipinski definition) is 3. The highest BCUT2D eigenvalue weighted by molar-refractivity contribution is 5.98. The smallest absolute Gasteiger partial charge is 0.252 e. The van der Waals surface area contributed by atoms with Crippen molar-refractivity contribution >= 4 is 11.6 Å². The average Bonchev–Trinajstić information content (AvgIpc) is 2.45. The molecular formula is C17H21N3O. The fraction of sp³-hybridized carbons (Fsp3) is 0.294. The van der Waals surface area contributed by atoms with Gasteiger partial charge in [-0.25, -0.2) is 0 Å². The molecule has 4 heteroatoms. The Bertz CT molecular complexity index is 627. The van der Waals surface area contributed by atoms with E-state index in [1.54, 1.807) is 12.3 Å². The molecule has 0 fully saturated rings. The number of primary amides is 1. The quantitative estimate of drug-likeness (QED) is 0.906. The van der Waals surface area contributed by atoms with Gasteiger partial charge in [-0.1, -0.05) is 45.0 Å². The van der Waals surface area contributed by atoms with Crippen LogP contribution in [0, 0.1) is 0 Å². The van der Waals surface area contributed by atoms with Gasteiger partial charge >= 0.3 is 0 Å². The topological polar surface area (TPSA) is 68.0 Å². The van der Waals surface area contributed by atoms with Crippen molar-refractivity contribution in [3.05, 3.63) is 59.4 Å². The second-order valence-electron chi connectivity index (χ2n) is 6.09. The summed E-state index contributed by atoms with van der Waals surface area (Å²) < 4.78 is 0. The SMILES string of the molecule is CC(C)(C)c1ccc(CNc2ccncc2C(N)=O)cc1. The summed E-state index contributed by atoms with van der Waals surface area (Å²) in [6.07, 6.45) is 3.12. The molecule has 3 N–H and O–H groups in total. The van der Waals surface area contributed by atoms with Crippen LogP contribution in [0.5, 0.6) is 0 Å². The molecule has 0 aliphatic rings. The molecule has 0 spiro atoms. The van der Waals surface area contributed by atoms with E-state index in [2.05, 4.69) is 55.3 Å². The number of anilines is 1. The molecule has 1 amide bonds. The molecule has 110 valence electrons. The number of nitrogens with zero attached hydrogens (tertiary/aromatic N) is 1. The molecule has 0 aliphatic heterocycles. The van der Waals surface area contributed by atoms with Gasteiger partial charge in [0.25, 0.3) is 5.91 Å². The lowest BCUT2D eigenvalue weighted by Gasteiger charge is -2.19. The first-order valence-electron chi connectivity index (χ1n) is 6.95. The Kier molecular flexibility index (Phi) is 4.26. The molecule has 0 atom stereocenters. The number of carbonyl (C=O) groups is 1. The molecule has 2 aromatic rings. The Morgan fingerprint density at radius 2 is 1.86 bits per heavy atom. The summed E-state index contributed by atoms with van der Waals surface area (Å²) in [6, 6.07) is 10.2. The maximum atomic E-state index is 11.3. The summed E-state index contributed by atoms with van der Waals surface area (Å²) in [7, 11) is 0. The molecule has 0 saturated carbocycles. The van der Waals surface area contributed by atoms with Gasteiger partial charge in [-0.2, -0.15) is 0 Å². The second kappa shape index (κ2) is 5.95. The highest BCUT2D eigenvalue weighted by atomic mass is 16.1. The number of benzene rings is 1. The van der Waals surface area contributed by atoms with E-state index in [-0.39, 0.29) is 5.41 Å². The van der Waals surface area contributed by atoms with Crippen LogP contribution in [0.15, 0.2) is 42.7 Å². The van der Waals surface area contributed by atoms with Crippen molar-refractivity contribution in [2.45, 2.75) is 32.7 Å². The molecule has 0 aliphatic carbocycles. The standard InChI is InChI=1S/C17H21N3O/c1-17(2,3)13-6-4-12(5-7-13)10-20-15-8-9-19-11-14(15)16(18)21/h4-9,11H,10H2,1-3H3,(H2,18,21)(H,19,20). The van der Waals surface area contributed by atoms with E-state index in [1.807, 2.05) is 0 Å². The lowest BCUT2D eigenvalue weighted by Crippen LogP contribution is -2.15. The summed E-state index contributed by atoms with van der Waals surface area (Å²) in [5.41, 5.74) is 9.04. The molecule has 0 radical (unpaired) electrons. The second-order valence-corrected chi connectivity index (χ2v) is 6.09. The molecule has 21 heavy (non-hydrogen) atoms. The fourth-order valence-corrected chi connectivity index (χ4v) is 2.06. The Balaban J connectivity index is 2.09. The Morgan fingerprint density at radius 3 is 2.43 bits per heavy atom.